The zero-order chi connectivity index (χ0) is 15.5. The summed E-state index contributed by atoms with van der Waals surface area (Å²) in [4.78, 5) is 22.5. The minimum absolute atomic E-state index is 0.0932. The van der Waals surface area contributed by atoms with E-state index in [1.165, 1.54) is 0 Å². The van der Waals surface area contributed by atoms with Gasteiger partial charge in [0.05, 0.1) is 6.42 Å². The summed E-state index contributed by atoms with van der Waals surface area (Å²) in [5.41, 5.74) is 2.05. The quantitative estimate of drug-likeness (QED) is 0.758. The maximum atomic E-state index is 12.1. The number of amides is 1. The van der Waals surface area contributed by atoms with Gasteiger partial charge in [-0.05, 0) is 29.5 Å². The third-order valence-electron chi connectivity index (χ3n) is 3.75. The van der Waals surface area contributed by atoms with Crippen molar-refractivity contribution in [1.82, 2.24) is 0 Å². The van der Waals surface area contributed by atoms with Crippen molar-refractivity contribution in [3.8, 4) is 0 Å². The van der Waals surface area contributed by atoms with Crippen LogP contribution in [0.2, 0.25) is 0 Å². The Hall–Kier alpha value is -1.49. The largest absolute Gasteiger partial charge is 0.481 e. The van der Waals surface area contributed by atoms with E-state index in [1.807, 2.05) is 24.3 Å². The van der Waals surface area contributed by atoms with Gasteiger partial charge < -0.3 is 10.4 Å². The van der Waals surface area contributed by atoms with Crippen LogP contribution in [0.1, 0.15) is 32.3 Å². The second-order valence-electron chi connectivity index (χ2n) is 6.13. The molecule has 0 aliphatic heterocycles. The van der Waals surface area contributed by atoms with Gasteiger partial charge in [-0.25, -0.2) is 0 Å². The standard InChI is InChI=1S/C16H21NO3S/c1-16(2)9-13(16)15(20)17-12-5-3-4-11(8-12)10-21-7-6-14(18)19/h3-5,8,13H,6-7,9-10H2,1-2H3,(H,17,20)(H,18,19). The fourth-order valence-corrected chi connectivity index (χ4v) is 3.11. The third-order valence-corrected chi connectivity index (χ3v) is 4.78. The molecule has 0 bridgehead atoms. The molecule has 1 unspecified atom stereocenters. The lowest BCUT2D eigenvalue weighted by molar-refractivity contribution is -0.136. The van der Waals surface area contributed by atoms with Crippen LogP contribution in [0.25, 0.3) is 0 Å². The number of thioether (sulfide) groups is 1. The van der Waals surface area contributed by atoms with Crippen LogP contribution in [0.3, 0.4) is 0 Å². The fourth-order valence-electron chi connectivity index (χ4n) is 2.23. The highest BCUT2D eigenvalue weighted by atomic mass is 32.2. The normalized spacial score (nSPS) is 19.0. The van der Waals surface area contributed by atoms with Crippen LogP contribution in [-0.2, 0) is 15.3 Å². The average Bonchev–Trinajstić information content (AvgIpc) is 3.04. The maximum absolute atomic E-state index is 12.1. The Kier molecular flexibility index (Phi) is 4.93. The van der Waals surface area contributed by atoms with Crippen molar-refractivity contribution in [2.24, 2.45) is 11.3 Å². The first kappa shape index (κ1) is 15.9. The van der Waals surface area contributed by atoms with Crippen LogP contribution in [0, 0.1) is 11.3 Å². The maximum Gasteiger partial charge on any atom is 0.304 e. The van der Waals surface area contributed by atoms with E-state index in [2.05, 4.69) is 19.2 Å². The van der Waals surface area contributed by atoms with Crippen LogP contribution in [0.4, 0.5) is 5.69 Å². The number of nitrogens with one attached hydrogen (secondary N) is 1. The summed E-state index contributed by atoms with van der Waals surface area (Å²) < 4.78 is 0. The molecular weight excluding hydrogens is 286 g/mol. The van der Waals surface area contributed by atoms with Crippen LogP contribution in [-0.4, -0.2) is 22.7 Å². The van der Waals surface area contributed by atoms with Gasteiger partial charge in [-0.1, -0.05) is 26.0 Å². The molecule has 1 aliphatic carbocycles. The molecule has 114 valence electrons. The molecule has 0 spiro atoms. The Morgan fingerprint density at radius 1 is 1.43 bits per heavy atom. The van der Waals surface area contributed by atoms with Crippen molar-refractivity contribution in [2.75, 3.05) is 11.1 Å². The molecule has 1 saturated carbocycles. The molecular formula is C16H21NO3S. The van der Waals surface area contributed by atoms with Crippen molar-refractivity contribution in [3.63, 3.8) is 0 Å². The molecule has 21 heavy (non-hydrogen) atoms. The lowest BCUT2D eigenvalue weighted by Gasteiger charge is -2.08. The van der Waals surface area contributed by atoms with Crippen LogP contribution >= 0.6 is 11.8 Å². The van der Waals surface area contributed by atoms with Gasteiger partial charge in [0, 0.05) is 23.1 Å². The molecule has 2 N–H and O–H groups in total. The minimum atomic E-state index is -0.768. The van der Waals surface area contributed by atoms with Gasteiger partial charge in [-0.3, -0.25) is 9.59 Å². The van der Waals surface area contributed by atoms with Crippen molar-refractivity contribution >= 4 is 29.3 Å². The number of rotatable bonds is 7. The Labute approximate surface area is 129 Å². The second-order valence-corrected chi connectivity index (χ2v) is 7.24. The molecule has 0 saturated heterocycles. The summed E-state index contributed by atoms with van der Waals surface area (Å²) in [6.45, 7) is 4.21. The van der Waals surface area contributed by atoms with Gasteiger partial charge in [-0.15, -0.1) is 0 Å². The van der Waals surface area contributed by atoms with Crippen LogP contribution in [0.15, 0.2) is 24.3 Å². The van der Waals surface area contributed by atoms with Gasteiger partial charge in [0.25, 0.3) is 0 Å². The van der Waals surface area contributed by atoms with Crippen LogP contribution < -0.4 is 5.32 Å². The molecule has 0 heterocycles. The van der Waals surface area contributed by atoms with Gasteiger partial charge in [0.1, 0.15) is 0 Å². The van der Waals surface area contributed by atoms with E-state index in [1.54, 1.807) is 11.8 Å². The van der Waals surface area contributed by atoms with E-state index in [0.717, 1.165) is 23.4 Å². The summed E-state index contributed by atoms with van der Waals surface area (Å²) in [5, 5.41) is 11.6. The van der Waals surface area contributed by atoms with E-state index in [0.29, 0.717) is 5.75 Å². The highest BCUT2D eigenvalue weighted by Gasteiger charge is 2.50. The number of carbonyl (C=O) groups is 2. The molecule has 1 amide bonds. The SMILES string of the molecule is CC1(C)CC1C(=O)Nc1cccc(CSCCC(=O)O)c1. The molecule has 2 rings (SSSR count). The third kappa shape index (κ3) is 4.77. The Morgan fingerprint density at radius 2 is 2.14 bits per heavy atom. The van der Waals surface area contributed by atoms with E-state index >= 15 is 0 Å². The highest BCUT2D eigenvalue weighted by Crippen LogP contribution is 2.51. The molecule has 1 fully saturated rings. The van der Waals surface area contributed by atoms with Crippen molar-refractivity contribution in [3.05, 3.63) is 29.8 Å². The molecule has 0 aromatic heterocycles. The summed E-state index contributed by atoms with van der Waals surface area (Å²) in [6.07, 6.45) is 1.13. The number of carboxylic acid groups (broad SMARTS) is 1. The highest BCUT2D eigenvalue weighted by molar-refractivity contribution is 7.98. The van der Waals surface area contributed by atoms with Gasteiger partial charge >= 0.3 is 5.97 Å². The first-order valence-corrected chi connectivity index (χ1v) is 8.23. The topological polar surface area (TPSA) is 66.4 Å². The average molecular weight is 307 g/mol. The van der Waals surface area contributed by atoms with Crippen LogP contribution in [0.5, 0.6) is 0 Å². The number of hydrogen-bond donors (Lipinski definition) is 2. The molecule has 1 aromatic rings. The minimum Gasteiger partial charge on any atom is -0.481 e. The first-order chi connectivity index (χ1) is 9.88. The summed E-state index contributed by atoms with van der Waals surface area (Å²) >= 11 is 1.59. The van der Waals surface area contributed by atoms with E-state index in [-0.39, 0.29) is 23.7 Å². The molecule has 4 nitrogen and oxygen atoms in total. The Balaban J connectivity index is 1.83. The Morgan fingerprint density at radius 3 is 2.76 bits per heavy atom. The van der Waals surface area contributed by atoms with E-state index in [9.17, 15) is 9.59 Å². The van der Waals surface area contributed by atoms with Crippen molar-refractivity contribution in [1.29, 1.82) is 0 Å². The second kappa shape index (κ2) is 6.52. The number of hydrogen-bond acceptors (Lipinski definition) is 3. The molecule has 0 radical (unpaired) electrons. The molecule has 1 aromatic carbocycles. The predicted octanol–water partition coefficient (Wildman–Crippen LogP) is 3.38. The molecule has 1 atom stereocenters. The van der Waals surface area contributed by atoms with E-state index < -0.39 is 5.97 Å². The Bertz CT molecular complexity index is 542. The fraction of sp³-hybridized carbons (Fsp3) is 0.500. The van der Waals surface area contributed by atoms with Gasteiger partial charge in [0.15, 0.2) is 0 Å². The summed E-state index contributed by atoms with van der Waals surface area (Å²) in [5.74, 6) is 0.797. The predicted molar refractivity (Wildman–Crippen MR) is 85.4 cm³/mol. The van der Waals surface area contributed by atoms with Gasteiger partial charge in [-0.2, -0.15) is 11.8 Å². The number of anilines is 1. The number of aliphatic carboxylic acids is 1. The molecule has 5 heteroatoms. The monoisotopic (exact) mass is 307 g/mol. The number of carboxylic acids is 1. The number of benzene rings is 1. The first-order valence-electron chi connectivity index (χ1n) is 7.08. The summed E-state index contributed by atoms with van der Waals surface area (Å²) in [6, 6.07) is 7.75. The van der Waals surface area contributed by atoms with E-state index in [4.69, 9.17) is 5.11 Å². The smallest absolute Gasteiger partial charge is 0.304 e. The lowest BCUT2D eigenvalue weighted by atomic mass is 10.1. The summed E-state index contributed by atoms with van der Waals surface area (Å²) in [7, 11) is 0. The molecule has 1 aliphatic rings. The zero-order valence-electron chi connectivity index (χ0n) is 12.4. The number of carbonyl (C=O) groups excluding carboxylic acids is 1. The van der Waals surface area contributed by atoms with Gasteiger partial charge in [0.2, 0.25) is 5.91 Å². The van der Waals surface area contributed by atoms with Crippen molar-refractivity contribution < 1.29 is 14.7 Å². The zero-order valence-corrected chi connectivity index (χ0v) is 13.2. The van der Waals surface area contributed by atoms with Crippen molar-refractivity contribution in [2.45, 2.75) is 32.4 Å². The lowest BCUT2D eigenvalue weighted by Crippen LogP contribution is -2.16.